The molecule has 1 aromatic heterocycles. The van der Waals surface area contributed by atoms with E-state index in [2.05, 4.69) is 50.4 Å². The Morgan fingerprint density at radius 1 is 1.50 bits per heavy atom. The lowest BCUT2D eigenvalue weighted by molar-refractivity contribution is 0.143. The standard InChI is InChI=1S/C14H22BrClN4O2/c1-4-5-6-22-14(21)18-8-11(9(2)3)19-12-10(15)7-17-13(16)20-12/h7,9,11H,4-6,8H2,1-3H3,(H,18,21)(H,17,19,20). The molecule has 0 saturated carbocycles. The number of anilines is 1. The van der Waals surface area contributed by atoms with Gasteiger partial charge in [0.05, 0.1) is 11.1 Å². The molecule has 1 aromatic rings. The Morgan fingerprint density at radius 2 is 2.23 bits per heavy atom. The van der Waals surface area contributed by atoms with Gasteiger partial charge < -0.3 is 15.4 Å². The van der Waals surface area contributed by atoms with Gasteiger partial charge in [-0.2, -0.15) is 4.98 Å². The highest BCUT2D eigenvalue weighted by Crippen LogP contribution is 2.22. The quantitative estimate of drug-likeness (QED) is 0.518. The third-order valence-corrected chi connectivity index (χ3v) is 3.80. The average molecular weight is 394 g/mol. The topological polar surface area (TPSA) is 76.1 Å². The second kappa shape index (κ2) is 9.84. The molecule has 1 amide bonds. The van der Waals surface area contributed by atoms with Crippen LogP contribution in [0, 0.1) is 5.92 Å². The average Bonchev–Trinajstić information content (AvgIpc) is 2.46. The van der Waals surface area contributed by atoms with Gasteiger partial charge in [-0.3, -0.25) is 0 Å². The Balaban J connectivity index is 2.55. The number of halogens is 2. The van der Waals surface area contributed by atoms with Crippen LogP contribution in [0.4, 0.5) is 10.6 Å². The lowest BCUT2D eigenvalue weighted by Gasteiger charge is -2.23. The van der Waals surface area contributed by atoms with Crippen LogP contribution in [0.2, 0.25) is 5.28 Å². The van der Waals surface area contributed by atoms with Gasteiger partial charge in [-0.05, 0) is 39.9 Å². The summed E-state index contributed by atoms with van der Waals surface area (Å²) in [7, 11) is 0. The van der Waals surface area contributed by atoms with E-state index in [1.54, 1.807) is 6.20 Å². The highest BCUT2D eigenvalue weighted by molar-refractivity contribution is 9.10. The maximum Gasteiger partial charge on any atom is 0.407 e. The number of rotatable bonds is 8. The smallest absolute Gasteiger partial charge is 0.407 e. The van der Waals surface area contributed by atoms with Crippen LogP contribution in [0.15, 0.2) is 10.7 Å². The molecule has 1 rings (SSSR count). The van der Waals surface area contributed by atoms with Crippen molar-refractivity contribution in [3.05, 3.63) is 16.0 Å². The van der Waals surface area contributed by atoms with Crippen molar-refractivity contribution in [1.29, 1.82) is 0 Å². The van der Waals surface area contributed by atoms with E-state index < -0.39 is 6.09 Å². The molecule has 0 fully saturated rings. The van der Waals surface area contributed by atoms with E-state index in [1.165, 1.54) is 0 Å². The summed E-state index contributed by atoms with van der Waals surface area (Å²) < 4.78 is 5.79. The van der Waals surface area contributed by atoms with Crippen LogP contribution in [-0.2, 0) is 4.74 Å². The Morgan fingerprint density at radius 3 is 2.86 bits per heavy atom. The van der Waals surface area contributed by atoms with E-state index in [4.69, 9.17) is 16.3 Å². The van der Waals surface area contributed by atoms with Crippen molar-refractivity contribution in [3.8, 4) is 0 Å². The van der Waals surface area contributed by atoms with Gasteiger partial charge in [-0.1, -0.05) is 27.2 Å². The normalized spacial score (nSPS) is 12.1. The lowest BCUT2D eigenvalue weighted by Crippen LogP contribution is -2.40. The molecule has 6 nitrogen and oxygen atoms in total. The van der Waals surface area contributed by atoms with Crippen molar-refractivity contribution in [1.82, 2.24) is 15.3 Å². The van der Waals surface area contributed by atoms with Crippen LogP contribution in [0.3, 0.4) is 0 Å². The first-order valence-electron chi connectivity index (χ1n) is 7.29. The lowest BCUT2D eigenvalue weighted by atomic mass is 10.0. The predicted molar refractivity (Wildman–Crippen MR) is 91.2 cm³/mol. The second-order valence-electron chi connectivity index (χ2n) is 5.20. The Labute approximate surface area is 144 Å². The van der Waals surface area contributed by atoms with Crippen molar-refractivity contribution in [2.75, 3.05) is 18.5 Å². The van der Waals surface area contributed by atoms with Crippen LogP contribution in [-0.4, -0.2) is 35.3 Å². The minimum absolute atomic E-state index is 0.0130. The van der Waals surface area contributed by atoms with E-state index in [9.17, 15) is 4.79 Å². The molecule has 2 N–H and O–H groups in total. The molecule has 0 spiro atoms. The van der Waals surface area contributed by atoms with Crippen LogP contribution in [0.25, 0.3) is 0 Å². The summed E-state index contributed by atoms with van der Waals surface area (Å²) in [5.41, 5.74) is 0. The maximum atomic E-state index is 11.6. The van der Waals surface area contributed by atoms with Gasteiger partial charge in [0.25, 0.3) is 0 Å². The number of nitrogens with one attached hydrogen (secondary N) is 2. The van der Waals surface area contributed by atoms with Crippen molar-refractivity contribution >= 4 is 39.4 Å². The third-order valence-electron chi connectivity index (χ3n) is 3.04. The number of carbonyl (C=O) groups is 1. The Kier molecular flexibility index (Phi) is 8.48. The number of ether oxygens (including phenoxy) is 1. The molecule has 0 aliphatic rings. The number of nitrogens with zero attached hydrogens (tertiary/aromatic N) is 2. The summed E-state index contributed by atoms with van der Waals surface area (Å²) in [6.07, 6.45) is 3.04. The van der Waals surface area contributed by atoms with Gasteiger partial charge >= 0.3 is 6.09 Å². The molecule has 0 aromatic carbocycles. The molecule has 1 atom stereocenters. The molecule has 0 aliphatic heterocycles. The summed E-state index contributed by atoms with van der Waals surface area (Å²) in [5, 5.41) is 6.19. The van der Waals surface area contributed by atoms with Crippen LogP contribution in [0.1, 0.15) is 33.6 Å². The maximum absolute atomic E-state index is 11.6. The predicted octanol–water partition coefficient (Wildman–Crippen LogP) is 3.86. The van der Waals surface area contributed by atoms with Gasteiger partial charge in [0.15, 0.2) is 0 Å². The zero-order chi connectivity index (χ0) is 16.5. The van der Waals surface area contributed by atoms with Gasteiger partial charge in [0, 0.05) is 18.8 Å². The summed E-state index contributed by atoms with van der Waals surface area (Å²) in [5.74, 6) is 0.872. The number of unbranched alkanes of at least 4 members (excludes halogenated alkanes) is 1. The summed E-state index contributed by atoms with van der Waals surface area (Å²) in [4.78, 5) is 19.6. The van der Waals surface area contributed by atoms with Crippen molar-refractivity contribution in [2.24, 2.45) is 5.92 Å². The van der Waals surface area contributed by atoms with E-state index in [-0.39, 0.29) is 17.2 Å². The minimum atomic E-state index is -0.402. The molecule has 0 aliphatic carbocycles. The van der Waals surface area contributed by atoms with Crippen LogP contribution >= 0.6 is 27.5 Å². The molecule has 8 heteroatoms. The van der Waals surface area contributed by atoms with E-state index in [0.717, 1.165) is 12.8 Å². The molecule has 1 heterocycles. The first-order chi connectivity index (χ1) is 10.4. The summed E-state index contributed by atoms with van der Waals surface area (Å²) in [6, 6.07) is -0.0130. The first-order valence-corrected chi connectivity index (χ1v) is 8.46. The number of hydrogen-bond acceptors (Lipinski definition) is 5. The van der Waals surface area contributed by atoms with Gasteiger partial charge in [-0.15, -0.1) is 0 Å². The van der Waals surface area contributed by atoms with Gasteiger partial charge in [-0.25, -0.2) is 9.78 Å². The molecule has 0 saturated heterocycles. The van der Waals surface area contributed by atoms with Crippen LogP contribution in [0.5, 0.6) is 0 Å². The molecular weight excluding hydrogens is 372 g/mol. The van der Waals surface area contributed by atoms with Crippen LogP contribution < -0.4 is 10.6 Å². The third kappa shape index (κ3) is 6.79. The Hall–Kier alpha value is -1.08. The monoisotopic (exact) mass is 392 g/mol. The van der Waals surface area contributed by atoms with E-state index in [1.807, 2.05) is 6.92 Å². The van der Waals surface area contributed by atoms with Gasteiger partial charge in [0.2, 0.25) is 5.28 Å². The van der Waals surface area contributed by atoms with Crippen molar-refractivity contribution in [3.63, 3.8) is 0 Å². The fraction of sp³-hybridized carbons (Fsp3) is 0.643. The number of carbonyl (C=O) groups excluding carboxylic acids is 1. The Bertz CT molecular complexity index is 488. The molecule has 0 bridgehead atoms. The molecule has 1 unspecified atom stereocenters. The molecular formula is C14H22BrClN4O2. The second-order valence-corrected chi connectivity index (χ2v) is 6.39. The zero-order valence-corrected chi connectivity index (χ0v) is 15.4. The fourth-order valence-electron chi connectivity index (χ4n) is 1.63. The van der Waals surface area contributed by atoms with E-state index >= 15 is 0 Å². The minimum Gasteiger partial charge on any atom is -0.450 e. The van der Waals surface area contributed by atoms with Gasteiger partial charge in [0.1, 0.15) is 5.82 Å². The van der Waals surface area contributed by atoms with Crippen molar-refractivity contribution in [2.45, 2.75) is 39.7 Å². The number of aromatic nitrogens is 2. The number of alkyl carbamates (subject to hydrolysis) is 1. The molecule has 124 valence electrons. The van der Waals surface area contributed by atoms with Crippen molar-refractivity contribution < 1.29 is 9.53 Å². The number of hydrogen-bond donors (Lipinski definition) is 2. The summed E-state index contributed by atoms with van der Waals surface area (Å²) in [6.45, 7) is 7.02. The summed E-state index contributed by atoms with van der Waals surface area (Å²) >= 11 is 9.18. The zero-order valence-electron chi connectivity index (χ0n) is 13.0. The molecule has 22 heavy (non-hydrogen) atoms. The SMILES string of the molecule is CCCCOC(=O)NCC(Nc1nc(Cl)ncc1Br)C(C)C. The molecule has 0 radical (unpaired) electrons. The number of amides is 1. The first kappa shape index (κ1) is 19.0. The van der Waals surface area contributed by atoms with E-state index in [0.29, 0.717) is 23.4 Å². The largest absolute Gasteiger partial charge is 0.450 e. The highest BCUT2D eigenvalue weighted by Gasteiger charge is 2.17. The fourth-order valence-corrected chi connectivity index (χ4v) is 2.07. The highest BCUT2D eigenvalue weighted by atomic mass is 79.9.